The second kappa shape index (κ2) is 11.3. The number of unbranched alkanes of at least 4 members (excludes halogenated alkanes) is 4. The van der Waals surface area contributed by atoms with Gasteiger partial charge in [0.25, 0.3) is 5.91 Å². The van der Waals surface area contributed by atoms with Gasteiger partial charge in [0.2, 0.25) is 0 Å². The number of nitrogens with one attached hydrogen (secondary N) is 1. The van der Waals surface area contributed by atoms with Crippen LogP contribution in [0, 0.1) is 0 Å². The maximum absolute atomic E-state index is 13.5. The number of hydrogen-bond acceptors (Lipinski definition) is 5. The number of para-hydroxylation sites is 1. The Labute approximate surface area is 207 Å². The minimum absolute atomic E-state index is 0.0749. The van der Waals surface area contributed by atoms with E-state index in [2.05, 4.69) is 24.0 Å². The van der Waals surface area contributed by atoms with Gasteiger partial charge in [-0.1, -0.05) is 57.7 Å². The highest BCUT2D eigenvalue weighted by molar-refractivity contribution is 6.00. The van der Waals surface area contributed by atoms with Crippen molar-refractivity contribution in [1.82, 2.24) is 15.1 Å². The first-order valence-electron chi connectivity index (χ1n) is 12.6. The Balaban J connectivity index is 1.75. The number of hydrogen-bond donors (Lipinski definition) is 2. The van der Waals surface area contributed by atoms with E-state index in [-0.39, 0.29) is 17.7 Å². The molecule has 2 heterocycles. The van der Waals surface area contributed by atoms with Crippen molar-refractivity contribution in [3.05, 3.63) is 59.3 Å². The van der Waals surface area contributed by atoms with Gasteiger partial charge < -0.3 is 19.5 Å². The summed E-state index contributed by atoms with van der Waals surface area (Å²) in [4.78, 5) is 15.4. The van der Waals surface area contributed by atoms with E-state index in [0.29, 0.717) is 41.6 Å². The van der Waals surface area contributed by atoms with Gasteiger partial charge in [-0.3, -0.25) is 9.89 Å². The Kier molecular flexibility index (Phi) is 7.95. The number of phenolic OH excluding ortho intramolecular Hbond substituents is 1. The zero-order chi connectivity index (χ0) is 24.8. The van der Waals surface area contributed by atoms with Crippen LogP contribution in [-0.2, 0) is 0 Å². The number of carbonyl (C=O) groups is 1. The quantitative estimate of drug-likeness (QED) is 0.308. The fraction of sp³-hybridized carbons (Fsp3) is 0.429. The van der Waals surface area contributed by atoms with E-state index in [1.165, 1.54) is 0 Å². The molecule has 4 rings (SSSR count). The molecular weight excluding hydrogens is 442 g/mol. The monoisotopic (exact) mass is 477 g/mol. The van der Waals surface area contributed by atoms with Crippen LogP contribution in [0.25, 0.3) is 11.3 Å². The predicted molar refractivity (Wildman–Crippen MR) is 136 cm³/mol. The van der Waals surface area contributed by atoms with Crippen LogP contribution in [0.2, 0.25) is 0 Å². The Morgan fingerprint density at radius 1 is 1.03 bits per heavy atom. The smallest absolute Gasteiger partial charge is 0.273 e. The molecule has 1 unspecified atom stereocenters. The molecule has 3 aromatic rings. The highest BCUT2D eigenvalue weighted by atomic mass is 16.5. The fourth-order valence-corrected chi connectivity index (χ4v) is 4.69. The van der Waals surface area contributed by atoms with Gasteiger partial charge in [0.15, 0.2) is 11.5 Å². The molecule has 7 heteroatoms. The summed E-state index contributed by atoms with van der Waals surface area (Å²) in [7, 11) is 1.63. The molecule has 1 aliphatic rings. The highest BCUT2D eigenvalue weighted by Gasteiger charge is 2.42. The predicted octanol–water partition coefficient (Wildman–Crippen LogP) is 6.10. The Bertz CT molecular complexity index is 1160. The van der Waals surface area contributed by atoms with Crippen LogP contribution in [0.5, 0.6) is 17.2 Å². The van der Waals surface area contributed by atoms with Crippen LogP contribution in [-0.4, -0.2) is 46.4 Å². The molecule has 186 valence electrons. The number of aromatic nitrogens is 2. The highest BCUT2D eigenvalue weighted by Crippen LogP contribution is 2.46. The standard InChI is InChI=1S/C28H35N3O4/c1-4-6-10-16-31-27(19-14-15-22(23(18-19)34-3)35-17-11-7-5-2)24-25(29-30-26(24)28(31)33)20-12-8-9-13-21(20)32/h8-9,12-15,18,27,32H,4-7,10-11,16-17H2,1-3H3,(H,29,30). The van der Waals surface area contributed by atoms with E-state index in [0.717, 1.165) is 49.7 Å². The van der Waals surface area contributed by atoms with Crippen molar-refractivity contribution in [2.24, 2.45) is 0 Å². The summed E-state index contributed by atoms with van der Waals surface area (Å²) < 4.78 is 11.7. The third-order valence-corrected chi connectivity index (χ3v) is 6.53. The number of H-pyrrole nitrogens is 1. The number of aromatic amines is 1. The van der Waals surface area contributed by atoms with Crippen LogP contribution >= 0.6 is 0 Å². The first-order chi connectivity index (χ1) is 17.1. The molecule has 0 radical (unpaired) electrons. The molecular formula is C28H35N3O4. The minimum Gasteiger partial charge on any atom is -0.507 e. The molecule has 0 fully saturated rings. The first kappa shape index (κ1) is 24.6. The summed E-state index contributed by atoms with van der Waals surface area (Å²) >= 11 is 0. The fourth-order valence-electron chi connectivity index (χ4n) is 4.69. The molecule has 1 aliphatic heterocycles. The zero-order valence-electron chi connectivity index (χ0n) is 20.8. The lowest BCUT2D eigenvalue weighted by Gasteiger charge is -2.27. The van der Waals surface area contributed by atoms with Gasteiger partial charge in [0, 0.05) is 17.7 Å². The average molecular weight is 478 g/mol. The summed E-state index contributed by atoms with van der Waals surface area (Å²) in [6.07, 6.45) is 6.28. The number of phenols is 1. The third-order valence-electron chi connectivity index (χ3n) is 6.53. The van der Waals surface area contributed by atoms with Crippen LogP contribution in [0.1, 0.15) is 80.0 Å². The zero-order valence-corrected chi connectivity index (χ0v) is 20.8. The SMILES string of the molecule is CCCCCOc1ccc(C2c3c(-c4ccccc4O)n[nH]c3C(=O)N2CCCCC)cc1OC. The molecule has 0 saturated heterocycles. The van der Waals surface area contributed by atoms with Gasteiger partial charge in [0.05, 0.1) is 19.8 Å². The molecule has 2 N–H and O–H groups in total. The third kappa shape index (κ3) is 4.99. The number of methoxy groups -OCH3 is 1. The molecule has 0 saturated carbocycles. The number of nitrogens with zero attached hydrogens (tertiary/aromatic N) is 2. The van der Waals surface area contributed by atoms with Gasteiger partial charge in [-0.2, -0.15) is 5.10 Å². The van der Waals surface area contributed by atoms with Crippen molar-refractivity contribution in [3.8, 4) is 28.5 Å². The number of aromatic hydroxyl groups is 1. The van der Waals surface area contributed by atoms with Gasteiger partial charge in [-0.05, 0) is 42.7 Å². The van der Waals surface area contributed by atoms with E-state index >= 15 is 0 Å². The summed E-state index contributed by atoms with van der Waals surface area (Å²) in [6.45, 7) is 5.59. The summed E-state index contributed by atoms with van der Waals surface area (Å²) in [5, 5.41) is 17.9. The Morgan fingerprint density at radius 2 is 1.80 bits per heavy atom. The van der Waals surface area contributed by atoms with E-state index in [9.17, 15) is 9.90 Å². The molecule has 1 atom stereocenters. The van der Waals surface area contributed by atoms with Crippen LogP contribution in [0.15, 0.2) is 42.5 Å². The lowest BCUT2D eigenvalue weighted by Crippen LogP contribution is -2.30. The number of fused-ring (bicyclic) bond motifs is 1. The molecule has 0 spiro atoms. The van der Waals surface area contributed by atoms with E-state index in [1.807, 2.05) is 35.2 Å². The summed E-state index contributed by atoms with van der Waals surface area (Å²) in [6, 6.07) is 12.6. The lowest BCUT2D eigenvalue weighted by atomic mass is 9.95. The number of ether oxygens (including phenoxy) is 2. The molecule has 1 aromatic heterocycles. The Hall–Kier alpha value is -3.48. The van der Waals surface area contributed by atoms with Gasteiger partial charge in [-0.15, -0.1) is 0 Å². The van der Waals surface area contributed by atoms with Gasteiger partial charge in [0.1, 0.15) is 17.1 Å². The van der Waals surface area contributed by atoms with Gasteiger partial charge in [-0.25, -0.2) is 0 Å². The largest absolute Gasteiger partial charge is 0.507 e. The van der Waals surface area contributed by atoms with Crippen LogP contribution < -0.4 is 9.47 Å². The van der Waals surface area contributed by atoms with Crippen LogP contribution in [0.4, 0.5) is 0 Å². The summed E-state index contributed by atoms with van der Waals surface area (Å²) in [5.41, 5.74) is 3.37. The van der Waals surface area contributed by atoms with Crippen molar-refractivity contribution >= 4 is 5.91 Å². The van der Waals surface area contributed by atoms with E-state index in [1.54, 1.807) is 19.2 Å². The number of carbonyl (C=O) groups excluding carboxylic acids is 1. The molecule has 1 amide bonds. The topological polar surface area (TPSA) is 87.7 Å². The first-order valence-corrected chi connectivity index (χ1v) is 12.6. The normalized spacial score (nSPS) is 14.9. The van der Waals surface area contributed by atoms with Crippen molar-refractivity contribution in [2.75, 3.05) is 20.3 Å². The number of rotatable bonds is 12. The second-order valence-corrected chi connectivity index (χ2v) is 8.95. The number of benzene rings is 2. The van der Waals surface area contributed by atoms with Crippen molar-refractivity contribution in [3.63, 3.8) is 0 Å². The molecule has 2 aromatic carbocycles. The van der Waals surface area contributed by atoms with Crippen molar-refractivity contribution in [1.29, 1.82) is 0 Å². The average Bonchev–Trinajstić information content (AvgIpc) is 3.41. The molecule has 35 heavy (non-hydrogen) atoms. The second-order valence-electron chi connectivity index (χ2n) is 8.95. The lowest BCUT2D eigenvalue weighted by molar-refractivity contribution is 0.0740. The van der Waals surface area contributed by atoms with Crippen LogP contribution in [0.3, 0.4) is 0 Å². The minimum atomic E-state index is -0.342. The maximum Gasteiger partial charge on any atom is 0.273 e. The van der Waals surface area contributed by atoms with E-state index in [4.69, 9.17) is 9.47 Å². The van der Waals surface area contributed by atoms with Gasteiger partial charge >= 0.3 is 0 Å². The molecule has 0 bridgehead atoms. The van der Waals surface area contributed by atoms with Crippen molar-refractivity contribution in [2.45, 2.75) is 58.4 Å². The maximum atomic E-state index is 13.5. The van der Waals surface area contributed by atoms with E-state index < -0.39 is 0 Å². The number of amides is 1. The summed E-state index contributed by atoms with van der Waals surface area (Å²) in [5.74, 6) is 1.39. The Morgan fingerprint density at radius 3 is 2.54 bits per heavy atom. The van der Waals surface area contributed by atoms with Crippen molar-refractivity contribution < 1.29 is 19.4 Å². The molecule has 0 aliphatic carbocycles. The molecule has 7 nitrogen and oxygen atoms in total.